The number of hydrogen-bond donors (Lipinski definition) is 0. The number of alkyl halides is 3. The van der Waals surface area contributed by atoms with Gasteiger partial charge >= 0.3 is 6.18 Å². The van der Waals surface area contributed by atoms with Crippen LogP contribution in [0.5, 0.6) is 0 Å². The highest BCUT2D eigenvalue weighted by atomic mass is 19.4. The topological polar surface area (TPSA) is 59.2 Å². The van der Waals surface area contributed by atoms with Crippen LogP contribution in [0.4, 0.5) is 13.2 Å². The van der Waals surface area contributed by atoms with Crippen LogP contribution in [0, 0.1) is 0 Å². The van der Waals surface area contributed by atoms with Crippen molar-refractivity contribution in [1.82, 2.24) is 15.0 Å². The minimum atomic E-state index is -4.58. The Balaban J connectivity index is 1.46. The molecule has 1 amide bonds. The van der Waals surface area contributed by atoms with Gasteiger partial charge in [0.25, 0.3) is 5.91 Å². The molecule has 0 N–H and O–H groups in total. The molecule has 1 aliphatic rings. The average Bonchev–Trinajstić information content (AvgIpc) is 3.10. The first kappa shape index (κ1) is 17.3. The first-order chi connectivity index (χ1) is 12.9. The van der Waals surface area contributed by atoms with E-state index in [0.717, 1.165) is 11.6 Å². The average molecular weight is 373 g/mol. The smallest absolute Gasteiger partial charge is 0.339 e. The van der Waals surface area contributed by atoms with E-state index in [9.17, 15) is 18.0 Å². The molecule has 138 valence electrons. The van der Waals surface area contributed by atoms with Gasteiger partial charge in [0.05, 0.1) is 17.0 Å². The molecule has 1 fully saturated rings. The molecular formula is C19H14F3N3O2. The zero-order valence-corrected chi connectivity index (χ0v) is 14.0. The zero-order chi connectivity index (χ0) is 19.0. The summed E-state index contributed by atoms with van der Waals surface area (Å²) in [5.41, 5.74) is -0.472. The standard InChI is InChI=1S/C19H14F3N3O2/c20-19(21,22)15-9-5-4-8-14(15)18(26)25-10-13(11-25)17-23-16(24-27-17)12-6-2-1-3-7-12/h1-9,13H,10-11H2. The lowest BCUT2D eigenvalue weighted by molar-refractivity contribution is -0.138. The van der Waals surface area contributed by atoms with Crippen LogP contribution in [-0.4, -0.2) is 34.0 Å². The largest absolute Gasteiger partial charge is 0.417 e. The highest BCUT2D eigenvalue weighted by Gasteiger charge is 2.40. The van der Waals surface area contributed by atoms with E-state index in [-0.39, 0.29) is 24.6 Å². The van der Waals surface area contributed by atoms with E-state index < -0.39 is 17.6 Å². The van der Waals surface area contributed by atoms with E-state index in [1.54, 1.807) is 0 Å². The van der Waals surface area contributed by atoms with Gasteiger partial charge in [0, 0.05) is 18.7 Å². The summed E-state index contributed by atoms with van der Waals surface area (Å²) in [4.78, 5) is 18.1. The summed E-state index contributed by atoms with van der Waals surface area (Å²) < 4.78 is 44.5. The summed E-state index contributed by atoms with van der Waals surface area (Å²) in [6.45, 7) is 0.475. The lowest BCUT2D eigenvalue weighted by Crippen LogP contribution is -2.49. The molecule has 1 aromatic heterocycles. The van der Waals surface area contributed by atoms with Crippen LogP contribution in [0.2, 0.25) is 0 Å². The van der Waals surface area contributed by atoms with Gasteiger partial charge in [-0.25, -0.2) is 0 Å². The van der Waals surface area contributed by atoms with Crippen molar-refractivity contribution in [2.75, 3.05) is 13.1 Å². The molecule has 0 saturated carbocycles. The third-order valence-electron chi connectivity index (χ3n) is 4.45. The molecule has 8 heteroatoms. The summed E-state index contributed by atoms with van der Waals surface area (Å²) in [6, 6.07) is 14.1. The van der Waals surface area contributed by atoms with Gasteiger partial charge in [-0.1, -0.05) is 47.6 Å². The van der Waals surface area contributed by atoms with Gasteiger partial charge in [0.1, 0.15) is 0 Å². The molecule has 27 heavy (non-hydrogen) atoms. The first-order valence-corrected chi connectivity index (χ1v) is 8.28. The summed E-state index contributed by atoms with van der Waals surface area (Å²) >= 11 is 0. The van der Waals surface area contributed by atoms with Gasteiger partial charge in [-0.15, -0.1) is 0 Å². The van der Waals surface area contributed by atoms with E-state index in [4.69, 9.17) is 4.52 Å². The minimum Gasteiger partial charge on any atom is -0.339 e. The maximum atomic E-state index is 13.1. The summed E-state index contributed by atoms with van der Waals surface area (Å²) in [5, 5.41) is 3.93. The fourth-order valence-electron chi connectivity index (χ4n) is 2.99. The van der Waals surface area contributed by atoms with Crippen molar-refractivity contribution in [1.29, 1.82) is 0 Å². The maximum absolute atomic E-state index is 13.1. The molecule has 0 unspecified atom stereocenters. The monoisotopic (exact) mass is 373 g/mol. The maximum Gasteiger partial charge on any atom is 0.417 e. The Bertz CT molecular complexity index is 964. The van der Waals surface area contributed by atoms with Crippen molar-refractivity contribution in [3.8, 4) is 11.4 Å². The van der Waals surface area contributed by atoms with Crippen LogP contribution in [0.3, 0.4) is 0 Å². The number of nitrogens with zero attached hydrogens (tertiary/aromatic N) is 3. The number of carbonyl (C=O) groups excluding carboxylic acids is 1. The lowest BCUT2D eigenvalue weighted by Gasteiger charge is -2.37. The van der Waals surface area contributed by atoms with Crippen molar-refractivity contribution >= 4 is 5.91 Å². The second-order valence-electron chi connectivity index (χ2n) is 6.27. The number of hydrogen-bond acceptors (Lipinski definition) is 4. The minimum absolute atomic E-state index is 0.183. The second-order valence-corrected chi connectivity index (χ2v) is 6.27. The quantitative estimate of drug-likeness (QED) is 0.696. The van der Waals surface area contributed by atoms with Gasteiger partial charge in [-0.05, 0) is 12.1 Å². The third kappa shape index (κ3) is 3.30. The van der Waals surface area contributed by atoms with Crippen molar-refractivity contribution in [3.63, 3.8) is 0 Å². The van der Waals surface area contributed by atoms with Crippen LogP contribution < -0.4 is 0 Å². The number of likely N-dealkylation sites (tertiary alicyclic amines) is 1. The summed E-state index contributed by atoms with van der Waals surface area (Å²) in [5.74, 6) is -0.0151. The molecule has 0 bridgehead atoms. The molecule has 5 nitrogen and oxygen atoms in total. The fourth-order valence-corrected chi connectivity index (χ4v) is 2.99. The van der Waals surface area contributed by atoms with E-state index in [1.165, 1.54) is 23.1 Å². The van der Waals surface area contributed by atoms with Crippen LogP contribution in [0.15, 0.2) is 59.1 Å². The van der Waals surface area contributed by atoms with E-state index in [1.807, 2.05) is 30.3 Å². The Morgan fingerprint density at radius 1 is 1.04 bits per heavy atom. The Morgan fingerprint density at radius 2 is 1.70 bits per heavy atom. The zero-order valence-electron chi connectivity index (χ0n) is 14.0. The lowest BCUT2D eigenvalue weighted by atomic mass is 9.97. The fraction of sp³-hybridized carbons (Fsp3) is 0.211. The number of aromatic nitrogens is 2. The molecular weight excluding hydrogens is 359 g/mol. The van der Waals surface area contributed by atoms with Gasteiger partial charge in [0.2, 0.25) is 11.7 Å². The van der Waals surface area contributed by atoms with Crippen LogP contribution >= 0.6 is 0 Å². The van der Waals surface area contributed by atoms with E-state index in [2.05, 4.69) is 10.1 Å². The van der Waals surface area contributed by atoms with Gasteiger partial charge < -0.3 is 9.42 Å². The molecule has 4 rings (SSSR count). The number of benzene rings is 2. The van der Waals surface area contributed by atoms with Crippen molar-refractivity contribution < 1.29 is 22.5 Å². The number of halogens is 3. The predicted molar refractivity (Wildman–Crippen MR) is 89.8 cm³/mol. The predicted octanol–water partition coefficient (Wildman–Crippen LogP) is 4.00. The van der Waals surface area contributed by atoms with E-state index >= 15 is 0 Å². The highest BCUT2D eigenvalue weighted by Crippen LogP contribution is 2.34. The van der Waals surface area contributed by atoms with Crippen molar-refractivity contribution in [3.05, 3.63) is 71.6 Å². The number of amides is 1. The van der Waals surface area contributed by atoms with Gasteiger partial charge in [-0.2, -0.15) is 18.2 Å². The molecule has 0 aliphatic carbocycles. The Hall–Kier alpha value is -3.16. The van der Waals surface area contributed by atoms with Crippen LogP contribution in [0.1, 0.15) is 27.7 Å². The highest BCUT2D eigenvalue weighted by molar-refractivity contribution is 5.96. The Morgan fingerprint density at radius 3 is 2.41 bits per heavy atom. The molecule has 1 aliphatic heterocycles. The molecule has 0 atom stereocenters. The first-order valence-electron chi connectivity index (χ1n) is 8.28. The SMILES string of the molecule is O=C(c1ccccc1C(F)(F)F)N1CC(c2nc(-c3ccccc3)no2)C1. The Kier molecular flexibility index (Phi) is 4.18. The van der Waals surface area contributed by atoms with Crippen LogP contribution in [-0.2, 0) is 6.18 Å². The molecule has 2 aromatic carbocycles. The normalized spacial score (nSPS) is 14.9. The summed E-state index contributed by atoms with van der Waals surface area (Å²) in [7, 11) is 0. The van der Waals surface area contributed by atoms with Gasteiger partial charge in [0.15, 0.2) is 0 Å². The summed E-state index contributed by atoms with van der Waals surface area (Å²) in [6.07, 6.45) is -4.58. The van der Waals surface area contributed by atoms with Crippen molar-refractivity contribution in [2.45, 2.75) is 12.1 Å². The molecule has 3 aromatic rings. The van der Waals surface area contributed by atoms with E-state index in [0.29, 0.717) is 11.7 Å². The molecule has 0 spiro atoms. The molecule has 2 heterocycles. The number of rotatable bonds is 3. The molecule has 1 saturated heterocycles. The van der Waals surface area contributed by atoms with Crippen LogP contribution in [0.25, 0.3) is 11.4 Å². The van der Waals surface area contributed by atoms with Gasteiger partial charge in [-0.3, -0.25) is 4.79 Å². The third-order valence-corrected chi connectivity index (χ3v) is 4.45. The number of carbonyl (C=O) groups is 1. The van der Waals surface area contributed by atoms with Crippen molar-refractivity contribution in [2.24, 2.45) is 0 Å². The molecule has 0 radical (unpaired) electrons. The Labute approximate surface area is 152 Å². The second kappa shape index (κ2) is 6.53.